The molecule has 0 unspecified atom stereocenters. The van der Waals surface area contributed by atoms with Crippen molar-refractivity contribution in [2.24, 2.45) is 0 Å². The molecule has 33 heavy (non-hydrogen) atoms. The van der Waals surface area contributed by atoms with Crippen molar-refractivity contribution in [3.05, 3.63) is 86.5 Å². The number of nitrogens with one attached hydrogen (secondary N) is 1. The van der Waals surface area contributed by atoms with Crippen LogP contribution in [0, 0.1) is 0 Å². The van der Waals surface area contributed by atoms with Crippen molar-refractivity contribution in [3.8, 4) is 0 Å². The molecule has 0 spiro atoms. The van der Waals surface area contributed by atoms with Crippen molar-refractivity contribution in [3.63, 3.8) is 0 Å². The molecule has 3 amide bonds. The lowest BCUT2D eigenvalue weighted by Gasteiger charge is -2.28. The van der Waals surface area contributed by atoms with E-state index in [1.54, 1.807) is 34.4 Å². The Morgan fingerprint density at radius 1 is 0.909 bits per heavy atom. The first-order valence-corrected chi connectivity index (χ1v) is 12.5. The van der Waals surface area contributed by atoms with E-state index in [2.05, 4.69) is 5.32 Å². The molecule has 174 valence electrons. The predicted molar refractivity (Wildman–Crippen MR) is 137 cm³/mol. The van der Waals surface area contributed by atoms with E-state index >= 15 is 0 Å². The van der Waals surface area contributed by atoms with Crippen LogP contribution in [0.4, 0.5) is 10.5 Å². The van der Waals surface area contributed by atoms with Gasteiger partial charge in [-0.3, -0.25) is 4.79 Å². The number of nitrogens with zero attached hydrogens (tertiary/aromatic N) is 2. The van der Waals surface area contributed by atoms with Crippen LogP contribution in [-0.2, 0) is 17.9 Å². The Balaban J connectivity index is 1.76. The maximum atomic E-state index is 13.4. The lowest BCUT2D eigenvalue weighted by Crippen LogP contribution is -2.44. The van der Waals surface area contributed by atoms with Crippen LogP contribution in [0.3, 0.4) is 0 Å². The smallest absolute Gasteiger partial charge is 0.322 e. The molecule has 8 heteroatoms. The van der Waals surface area contributed by atoms with Gasteiger partial charge in [-0.2, -0.15) is 0 Å². The Hall–Kier alpha value is -2.54. The van der Waals surface area contributed by atoms with Crippen molar-refractivity contribution in [1.82, 2.24) is 9.80 Å². The molecule has 3 aromatic rings. The second-order valence-electron chi connectivity index (χ2n) is 7.62. The van der Waals surface area contributed by atoms with Crippen LogP contribution < -0.4 is 5.32 Å². The van der Waals surface area contributed by atoms with Gasteiger partial charge in [0, 0.05) is 18.0 Å². The highest BCUT2D eigenvalue weighted by atomic mass is 35.5. The molecular formula is C25H27Cl2N3O2S. The molecule has 1 aromatic heterocycles. The zero-order valence-electron chi connectivity index (χ0n) is 18.5. The lowest BCUT2D eigenvalue weighted by atomic mass is 10.2. The summed E-state index contributed by atoms with van der Waals surface area (Å²) in [6.45, 7) is 3.42. The van der Waals surface area contributed by atoms with Crippen molar-refractivity contribution < 1.29 is 9.59 Å². The summed E-state index contributed by atoms with van der Waals surface area (Å²) >= 11 is 14.0. The largest absolute Gasteiger partial charge is 0.332 e. The third-order valence-corrected chi connectivity index (χ3v) is 6.58. The maximum Gasteiger partial charge on any atom is 0.322 e. The van der Waals surface area contributed by atoms with E-state index < -0.39 is 6.03 Å². The zero-order chi connectivity index (χ0) is 23.6. The van der Waals surface area contributed by atoms with Gasteiger partial charge in [-0.15, -0.1) is 11.3 Å². The molecule has 0 aliphatic rings. The minimum atomic E-state index is -0.400. The number of halogens is 2. The third kappa shape index (κ3) is 7.49. The molecule has 3 rings (SSSR count). The standard InChI is InChI=1S/C25H27Cl2N3O2S/c1-2-3-14-29(25(32)28-24-21(26)12-7-13-22(24)27)18-23(31)30(17-20-11-8-15-33-20)16-19-9-5-4-6-10-19/h4-13,15H,2-3,14,16-18H2,1H3,(H,28,32). The van der Waals surface area contributed by atoms with Crippen molar-refractivity contribution >= 4 is 52.2 Å². The minimum Gasteiger partial charge on any atom is -0.332 e. The molecule has 0 atom stereocenters. The molecule has 1 N–H and O–H groups in total. The number of carbonyl (C=O) groups is 2. The molecule has 0 saturated heterocycles. The summed E-state index contributed by atoms with van der Waals surface area (Å²) < 4.78 is 0. The number of thiophene rings is 1. The van der Waals surface area contributed by atoms with E-state index in [9.17, 15) is 9.59 Å². The van der Waals surface area contributed by atoms with Crippen LogP contribution in [-0.4, -0.2) is 34.8 Å². The Kier molecular flexibility index (Phi) is 9.61. The fourth-order valence-corrected chi connectivity index (χ4v) is 4.51. The zero-order valence-corrected chi connectivity index (χ0v) is 20.8. The molecule has 0 aliphatic heterocycles. The second kappa shape index (κ2) is 12.6. The number of urea groups is 1. The van der Waals surface area contributed by atoms with Gasteiger partial charge in [-0.25, -0.2) is 4.79 Å². The van der Waals surface area contributed by atoms with E-state index in [-0.39, 0.29) is 12.5 Å². The normalized spacial score (nSPS) is 10.6. The number of carbonyl (C=O) groups excluding carboxylic acids is 2. The molecule has 0 bridgehead atoms. The number of hydrogen-bond donors (Lipinski definition) is 1. The second-order valence-corrected chi connectivity index (χ2v) is 9.46. The molecule has 0 aliphatic carbocycles. The van der Waals surface area contributed by atoms with Crippen LogP contribution in [0.5, 0.6) is 0 Å². The maximum absolute atomic E-state index is 13.4. The Morgan fingerprint density at radius 3 is 2.27 bits per heavy atom. The summed E-state index contributed by atoms with van der Waals surface area (Å²) in [5.74, 6) is -0.122. The van der Waals surface area contributed by atoms with Gasteiger partial charge in [0.05, 0.1) is 22.3 Å². The Labute approximate surface area is 208 Å². The summed E-state index contributed by atoms with van der Waals surface area (Å²) in [7, 11) is 0. The van der Waals surface area contributed by atoms with Gasteiger partial charge >= 0.3 is 6.03 Å². The van der Waals surface area contributed by atoms with Crippen molar-refractivity contribution in [2.45, 2.75) is 32.9 Å². The number of anilines is 1. The first-order chi connectivity index (χ1) is 16.0. The topological polar surface area (TPSA) is 52.7 Å². The molecule has 5 nitrogen and oxygen atoms in total. The van der Waals surface area contributed by atoms with E-state index in [1.165, 1.54) is 4.90 Å². The van der Waals surface area contributed by atoms with E-state index in [4.69, 9.17) is 23.2 Å². The van der Waals surface area contributed by atoms with Gasteiger partial charge in [-0.1, -0.05) is 79.0 Å². The Bertz CT molecular complexity index is 1020. The molecular weight excluding hydrogens is 477 g/mol. The number of rotatable bonds is 10. The van der Waals surface area contributed by atoms with E-state index in [0.717, 1.165) is 23.3 Å². The minimum absolute atomic E-state index is 0.0356. The van der Waals surface area contributed by atoms with Crippen molar-refractivity contribution in [2.75, 3.05) is 18.4 Å². The average Bonchev–Trinajstić information content (AvgIpc) is 3.32. The van der Waals surface area contributed by atoms with Gasteiger partial charge in [0.15, 0.2) is 0 Å². The first kappa shape index (κ1) is 25.1. The summed E-state index contributed by atoms with van der Waals surface area (Å²) in [6.07, 6.45) is 1.67. The number of amides is 3. The SMILES string of the molecule is CCCCN(CC(=O)N(Cc1ccccc1)Cc1cccs1)C(=O)Nc1c(Cl)cccc1Cl. The molecule has 0 radical (unpaired) electrons. The molecule has 2 aromatic carbocycles. The number of unbranched alkanes of at least 4 members (excludes halogenated alkanes) is 1. The number of benzene rings is 2. The van der Waals surface area contributed by atoms with Crippen LogP contribution in [0.2, 0.25) is 10.0 Å². The summed E-state index contributed by atoms with van der Waals surface area (Å²) in [5.41, 5.74) is 1.38. The predicted octanol–water partition coefficient (Wildman–Crippen LogP) is 6.92. The highest BCUT2D eigenvalue weighted by molar-refractivity contribution is 7.09. The van der Waals surface area contributed by atoms with Crippen LogP contribution >= 0.6 is 34.5 Å². The monoisotopic (exact) mass is 503 g/mol. The quantitative estimate of drug-likeness (QED) is 0.326. The fraction of sp³-hybridized carbons (Fsp3) is 0.280. The van der Waals surface area contributed by atoms with Crippen LogP contribution in [0.25, 0.3) is 0 Å². The third-order valence-electron chi connectivity index (χ3n) is 5.09. The van der Waals surface area contributed by atoms with E-state index in [1.807, 2.05) is 54.8 Å². The summed E-state index contributed by atoms with van der Waals surface area (Å²) in [5, 5.41) is 5.47. The highest BCUT2D eigenvalue weighted by Gasteiger charge is 2.23. The van der Waals surface area contributed by atoms with Gasteiger partial charge < -0.3 is 15.1 Å². The molecule has 1 heterocycles. The van der Waals surface area contributed by atoms with Crippen LogP contribution in [0.1, 0.15) is 30.2 Å². The summed E-state index contributed by atoms with van der Waals surface area (Å²) in [6, 6.07) is 18.5. The van der Waals surface area contributed by atoms with Gasteiger partial charge in [0.25, 0.3) is 0 Å². The van der Waals surface area contributed by atoms with Gasteiger partial charge in [0.1, 0.15) is 6.54 Å². The number of hydrogen-bond acceptors (Lipinski definition) is 3. The van der Waals surface area contributed by atoms with Gasteiger partial charge in [0.2, 0.25) is 5.91 Å². The van der Waals surface area contributed by atoms with E-state index in [0.29, 0.717) is 35.4 Å². The molecule has 0 fully saturated rings. The summed E-state index contributed by atoms with van der Waals surface area (Å²) in [4.78, 5) is 30.9. The van der Waals surface area contributed by atoms with Gasteiger partial charge in [-0.05, 0) is 35.6 Å². The Morgan fingerprint density at radius 2 is 1.64 bits per heavy atom. The molecule has 0 saturated carbocycles. The average molecular weight is 504 g/mol. The first-order valence-electron chi connectivity index (χ1n) is 10.8. The lowest BCUT2D eigenvalue weighted by molar-refractivity contribution is -0.133. The van der Waals surface area contributed by atoms with Crippen molar-refractivity contribution in [1.29, 1.82) is 0 Å². The fourth-order valence-electron chi connectivity index (χ4n) is 3.29. The number of para-hydroxylation sites is 1. The van der Waals surface area contributed by atoms with Crippen LogP contribution in [0.15, 0.2) is 66.0 Å². The highest BCUT2D eigenvalue weighted by Crippen LogP contribution is 2.30.